The SMILES string of the molecule is C=C/C=C(\C=C(/C)N)C(=O)Nc1cc(C(F)(F)F)ccc1N1CCCCC1. The number of piperidine rings is 1. The van der Waals surface area contributed by atoms with Gasteiger partial charge >= 0.3 is 6.18 Å². The molecule has 3 N–H and O–H groups in total. The fourth-order valence-corrected chi connectivity index (χ4v) is 2.98. The maximum absolute atomic E-state index is 13.2. The van der Waals surface area contributed by atoms with Gasteiger partial charge in [-0.15, -0.1) is 0 Å². The first-order valence-electron chi connectivity index (χ1n) is 8.76. The summed E-state index contributed by atoms with van der Waals surface area (Å²) in [5, 5.41) is 2.61. The van der Waals surface area contributed by atoms with Gasteiger partial charge in [0.05, 0.1) is 16.9 Å². The molecule has 0 unspecified atom stereocenters. The number of hydrogen-bond acceptors (Lipinski definition) is 3. The van der Waals surface area contributed by atoms with Gasteiger partial charge in [-0.1, -0.05) is 12.7 Å². The van der Waals surface area contributed by atoms with Crippen molar-refractivity contribution in [3.63, 3.8) is 0 Å². The van der Waals surface area contributed by atoms with Crippen molar-refractivity contribution in [3.05, 3.63) is 59.8 Å². The van der Waals surface area contributed by atoms with Crippen molar-refractivity contribution in [1.82, 2.24) is 0 Å². The average Bonchev–Trinajstić information content (AvgIpc) is 2.61. The number of carbonyl (C=O) groups is 1. The van der Waals surface area contributed by atoms with Crippen molar-refractivity contribution in [3.8, 4) is 0 Å². The molecule has 0 saturated carbocycles. The molecule has 146 valence electrons. The monoisotopic (exact) mass is 379 g/mol. The second-order valence-electron chi connectivity index (χ2n) is 6.48. The number of halogens is 3. The maximum atomic E-state index is 13.2. The Morgan fingerprint density at radius 1 is 1.26 bits per heavy atom. The van der Waals surface area contributed by atoms with Crippen LogP contribution in [-0.4, -0.2) is 19.0 Å². The van der Waals surface area contributed by atoms with Crippen LogP contribution in [0.15, 0.2) is 54.3 Å². The maximum Gasteiger partial charge on any atom is 0.416 e. The Labute approximate surface area is 157 Å². The largest absolute Gasteiger partial charge is 0.416 e. The molecule has 0 aromatic heterocycles. The molecule has 1 aliphatic rings. The van der Waals surface area contributed by atoms with Crippen LogP contribution in [0.1, 0.15) is 31.7 Å². The molecule has 0 aliphatic carbocycles. The molecule has 7 heteroatoms. The first-order chi connectivity index (χ1) is 12.7. The van der Waals surface area contributed by atoms with Crippen molar-refractivity contribution in [2.24, 2.45) is 5.73 Å². The van der Waals surface area contributed by atoms with Crippen LogP contribution in [0.2, 0.25) is 0 Å². The molecule has 0 radical (unpaired) electrons. The first kappa shape index (κ1) is 20.6. The van der Waals surface area contributed by atoms with Gasteiger partial charge in [0.1, 0.15) is 0 Å². The minimum absolute atomic E-state index is 0.134. The van der Waals surface area contributed by atoms with E-state index in [1.807, 2.05) is 4.90 Å². The minimum atomic E-state index is -4.49. The van der Waals surface area contributed by atoms with Crippen LogP contribution >= 0.6 is 0 Å². The van der Waals surface area contributed by atoms with Crippen LogP contribution < -0.4 is 16.0 Å². The topological polar surface area (TPSA) is 58.4 Å². The molecule has 1 aliphatic heterocycles. The van der Waals surface area contributed by atoms with Gasteiger partial charge in [0.15, 0.2) is 0 Å². The summed E-state index contributed by atoms with van der Waals surface area (Å²) < 4.78 is 39.5. The van der Waals surface area contributed by atoms with E-state index >= 15 is 0 Å². The number of rotatable bonds is 5. The highest BCUT2D eigenvalue weighted by atomic mass is 19.4. The number of nitrogens with zero attached hydrogens (tertiary/aromatic N) is 1. The van der Waals surface area contributed by atoms with Gasteiger partial charge in [0.25, 0.3) is 5.91 Å². The van der Waals surface area contributed by atoms with Gasteiger partial charge in [0.2, 0.25) is 0 Å². The lowest BCUT2D eigenvalue weighted by Crippen LogP contribution is -2.30. The number of nitrogens with two attached hydrogens (primary N) is 1. The summed E-state index contributed by atoms with van der Waals surface area (Å²) >= 11 is 0. The Bertz CT molecular complexity index is 756. The zero-order chi connectivity index (χ0) is 20.0. The molecule has 2 rings (SSSR count). The van der Waals surface area contributed by atoms with Crippen molar-refractivity contribution in [1.29, 1.82) is 0 Å². The third kappa shape index (κ3) is 5.64. The van der Waals surface area contributed by atoms with Crippen LogP contribution in [0, 0.1) is 0 Å². The van der Waals surface area contributed by atoms with Crippen LogP contribution in [0.3, 0.4) is 0 Å². The third-order valence-corrected chi connectivity index (χ3v) is 4.21. The van der Waals surface area contributed by atoms with Gasteiger partial charge in [-0.05, 0) is 56.5 Å². The molecule has 1 saturated heterocycles. The van der Waals surface area contributed by atoms with E-state index in [0.717, 1.165) is 44.5 Å². The van der Waals surface area contributed by atoms with E-state index in [0.29, 0.717) is 11.4 Å². The molecular formula is C20H24F3N3O. The predicted molar refractivity (Wildman–Crippen MR) is 102 cm³/mol. The number of benzene rings is 1. The summed E-state index contributed by atoms with van der Waals surface area (Å²) in [6, 6.07) is 3.45. The Hall–Kier alpha value is -2.70. The molecule has 1 aromatic rings. The average molecular weight is 379 g/mol. The number of carbonyl (C=O) groups excluding carboxylic acids is 1. The summed E-state index contributed by atoms with van der Waals surface area (Å²) in [4.78, 5) is 14.6. The summed E-state index contributed by atoms with van der Waals surface area (Å²) in [5.41, 5.74) is 6.16. The Kier molecular flexibility index (Phi) is 6.71. The Morgan fingerprint density at radius 2 is 1.93 bits per heavy atom. The van der Waals surface area contributed by atoms with Gasteiger partial charge in [-0.3, -0.25) is 4.79 Å². The summed E-state index contributed by atoms with van der Waals surface area (Å²) in [7, 11) is 0. The summed E-state index contributed by atoms with van der Waals surface area (Å²) in [6.45, 7) is 6.65. The van der Waals surface area contributed by atoms with Crippen LogP contribution in [-0.2, 0) is 11.0 Å². The van der Waals surface area contributed by atoms with E-state index in [9.17, 15) is 18.0 Å². The number of anilines is 2. The molecular weight excluding hydrogens is 355 g/mol. The normalized spacial score (nSPS) is 16.2. The van der Waals surface area contributed by atoms with E-state index in [4.69, 9.17) is 5.73 Å². The molecule has 1 heterocycles. The van der Waals surface area contributed by atoms with Crippen LogP contribution in [0.25, 0.3) is 0 Å². The van der Waals surface area contributed by atoms with E-state index in [1.165, 1.54) is 24.3 Å². The van der Waals surface area contributed by atoms with Crippen molar-refractivity contribution >= 4 is 17.3 Å². The zero-order valence-electron chi connectivity index (χ0n) is 15.3. The molecule has 1 amide bonds. The molecule has 4 nitrogen and oxygen atoms in total. The Balaban J connectivity index is 2.41. The van der Waals surface area contributed by atoms with Gasteiger partial charge in [0, 0.05) is 24.4 Å². The van der Waals surface area contributed by atoms with Crippen molar-refractivity contribution < 1.29 is 18.0 Å². The molecule has 0 spiro atoms. The van der Waals surface area contributed by atoms with E-state index in [1.54, 1.807) is 6.92 Å². The summed E-state index contributed by atoms with van der Waals surface area (Å²) in [6.07, 6.45) is 2.85. The van der Waals surface area contributed by atoms with Gasteiger partial charge < -0.3 is 16.0 Å². The quantitative estimate of drug-likeness (QED) is 0.580. The lowest BCUT2D eigenvalue weighted by Gasteiger charge is -2.31. The second kappa shape index (κ2) is 8.79. The lowest BCUT2D eigenvalue weighted by atomic mass is 10.1. The predicted octanol–water partition coefficient (Wildman–Crippen LogP) is 4.61. The van der Waals surface area contributed by atoms with Crippen LogP contribution in [0.5, 0.6) is 0 Å². The highest BCUT2D eigenvalue weighted by Gasteiger charge is 2.32. The van der Waals surface area contributed by atoms with Crippen molar-refractivity contribution in [2.75, 3.05) is 23.3 Å². The first-order valence-corrected chi connectivity index (χ1v) is 8.76. The number of hydrogen-bond donors (Lipinski definition) is 2. The van der Waals surface area contributed by atoms with Gasteiger partial charge in [-0.25, -0.2) is 0 Å². The summed E-state index contributed by atoms with van der Waals surface area (Å²) in [5.74, 6) is -0.544. The molecule has 0 atom stereocenters. The molecule has 27 heavy (non-hydrogen) atoms. The molecule has 1 aromatic carbocycles. The lowest BCUT2D eigenvalue weighted by molar-refractivity contribution is -0.137. The van der Waals surface area contributed by atoms with Crippen LogP contribution in [0.4, 0.5) is 24.5 Å². The molecule has 1 fully saturated rings. The third-order valence-electron chi connectivity index (χ3n) is 4.21. The zero-order valence-corrected chi connectivity index (χ0v) is 15.3. The van der Waals surface area contributed by atoms with E-state index in [-0.39, 0.29) is 11.3 Å². The number of allylic oxidation sites excluding steroid dienone is 3. The second-order valence-corrected chi connectivity index (χ2v) is 6.48. The highest BCUT2D eigenvalue weighted by molar-refractivity contribution is 6.07. The van der Waals surface area contributed by atoms with E-state index in [2.05, 4.69) is 11.9 Å². The van der Waals surface area contributed by atoms with E-state index < -0.39 is 17.6 Å². The highest BCUT2D eigenvalue weighted by Crippen LogP contribution is 2.36. The fourth-order valence-electron chi connectivity index (χ4n) is 2.98. The van der Waals surface area contributed by atoms with Gasteiger partial charge in [-0.2, -0.15) is 13.2 Å². The Morgan fingerprint density at radius 3 is 2.48 bits per heavy atom. The smallest absolute Gasteiger partial charge is 0.402 e. The minimum Gasteiger partial charge on any atom is -0.402 e. The number of nitrogens with one attached hydrogen (secondary N) is 1. The standard InChI is InChI=1S/C20H24F3N3O/c1-3-7-15(12-14(2)24)19(27)25-17-13-16(20(21,22)23)8-9-18(17)26-10-5-4-6-11-26/h3,7-9,12-13H,1,4-6,10-11,24H2,2H3,(H,25,27)/b14-12+,15-7+. The number of amides is 1. The fraction of sp³-hybridized carbons (Fsp3) is 0.350. The molecule has 0 bridgehead atoms. The number of alkyl halides is 3. The van der Waals surface area contributed by atoms with Crippen molar-refractivity contribution in [2.45, 2.75) is 32.4 Å².